The molecule has 0 aliphatic rings. The van der Waals surface area contributed by atoms with Crippen LogP contribution in [0.4, 0.5) is 0 Å². The molecule has 132 valence electrons. The molecule has 0 amide bonds. The third-order valence-electron chi connectivity index (χ3n) is 4.10. The molecule has 0 saturated heterocycles. The Balaban J connectivity index is 2.02. The molecule has 2 aromatic heterocycles. The molecule has 0 spiro atoms. The van der Waals surface area contributed by atoms with E-state index in [9.17, 15) is 4.79 Å². The molecule has 6 heteroatoms. The summed E-state index contributed by atoms with van der Waals surface area (Å²) in [5, 5.41) is 2.46. The molecule has 0 aliphatic heterocycles. The lowest BCUT2D eigenvalue weighted by Crippen LogP contribution is -2.04. The van der Waals surface area contributed by atoms with Crippen LogP contribution in [0.5, 0.6) is 11.5 Å². The molecule has 3 rings (SSSR count). The molecule has 0 bridgehead atoms. The lowest BCUT2D eigenvalue weighted by Gasteiger charge is -2.09. The van der Waals surface area contributed by atoms with Crippen molar-refractivity contribution >= 4 is 21.6 Å². The fourth-order valence-corrected chi connectivity index (χ4v) is 3.72. The van der Waals surface area contributed by atoms with Crippen molar-refractivity contribution in [3.05, 3.63) is 39.9 Å². The van der Waals surface area contributed by atoms with Gasteiger partial charge in [0.05, 0.1) is 14.2 Å². The predicted octanol–water partition coefficient (Wildman–Crippen LogP) is 4.67. The molecular formula is C19H21NO4S. The highest BCUT2D eigenvalue weighted by Crippen LogP contribution is 2.36. The smallest absolute Gasteiger partial charge is 0.348 e. The average Bonchev–Trinajstić information content (AvgIpc) is 3.06. The van der Waals surface area contributed by atoms with E-state index in [2.05, 4.69) is 11.9 Å². The van der Waals surface area contributed by atoms with Crippen LogP contribution in [0.25, 0.3) is 21.3 Å². The van der Waals surface area contributed by atoms with Gasteiger partial charge in [-0.15, -0.1) is 11.3 Å². The third kappa shape index (κ3) is 3.54. The maximum Gasteiger partial charge on any atom is 0.348 e. The Bertz CT molecular complexity index is 929. The first-order valence-electron chi connectivity index (χ1n) is 8.31. The standard InChI is InChI=1S/C19H21NO4S/c1-4-5-6-7-16-20-18-17(19(21)24-16)13(11-25-18)12-8-9-14(22-2)15(10-12)23-3/h8-11H,4-7H2,1-3H3. The van der Waals surface area contributed by atoms with Crippen molar-refractivity contribution in [3.63, 3.8) is 0 Å². The van der Waals surface area contributed by atoms with Gasteiger partial charge in [-0.05, 0) is 24.1 Å². The summed E-state index contributed by atoms with van der Waals surface area (Å²) >= 11 is 1.46. The molecule has 0 aliphatic carbocycles. The second kappa shape index (κ2) is 7.70. The molecule has 0 saturated carbocycles. The first-order chi connectivity index (χ1) is 12.2. The molecule has 25 heavy (non-hydrogen) atoms. The molecule has 0 radical (unpaired) electrons. The van der Waals surface area contributed by atoms with Crippen molar-refractivity contribution < 1.29 is 13.9 Å². The van der Waals surface area contributed by atoms with Crippen LogP contribution in [0.2, 0.25) is 0 Å². The van der Waals surface area contributed by atoms with Crippen LogP contribution in [0.15, 0.2) is 32.8 Å². The van der Waals surface area contributed by atoms with Gasteiger partial charge in [0.15, 0.2) is 17.4 Å². The Morgan fingerprint density at radius 3 is 2.68 bits per heavy atom. The number of rotatable bonds is 7. The first kappa shape index (κ1) is 17.5. The van der Waals surface area contributed by atoms with Crippen molar-refractivity contribution in [3.8, 4) is 22.6 Å². The normalized spacial score (nSPS) is 11.0. The number of nitrogens with zero attached hydrogens (tertiary/aromatic N) is 1. The van der Waals surface area contributed by atoms with Gasteiger partial charge in [-0.2, -0.15) is 0 Å². The zero-order valence-electron chi connectivity index (χ0n) is 14.6. The van der Waals surface area contributed by atoms with Gasteiger partial charge >= 0.3 is 5.63 Å². The SMILES string of the molecule is CCCCCc1nc2scc(-c3ccc(OC)c(OC)c3)c2c(=O)o1. The molecule has 2 heterocycles. The summed E-state index contributed by atoms with van der Waals surface area (Å²) in [7, 11) is 3.18. The number of benzene rings is 1. The Morgan fingerprint density at radius 2 is 1.96 bits per heavy atom. The fraction of sp³-hybridized carbons (Fsp3) is 0.368. The van der Waals surface area contributed by atoms with E-state index in [4.69, 9.17) is 13.9 Å². The summed E-state index contributed by atoms with van der Waals surface area (Å²) in [4.78, 5) is 17.8. The van der Waals surface area contributed by atoms with Gasteiger partial charge in [0.1, 0.15) is 10.2 Å². The summed E-state index contributed by atoms with van der Waals surface area (Å²) < 4.78 is 16.1. The van der Waals surface area contributed by atoms with Crippen LogP contribution in [-0.2, 0) is 6.42 Å². The van der Waals surface area contributed by atoms with Crippen molar-refractivity contribution in [2.75, 3.05) is 14.2 Å². The summed E-state index contributed by atoms with van der Waals surface area (Å²) in [5.74, 6) is 1.79. The van der Waals surface area contributed by atoms with Crippen LogP contribution in [0.1, 0.15) is 32.1 Å². The number of thiophene rings is 1. The predicted molar refractivity (Wildman–Crippen MR) is 99.9 cm³/mol. The second-order valence-electron chi connectivity index (χ2n) is 5.75. The average molecular weight is 359 g/mol. The van der Waals surface area contributed by atoms with Gasteiger partial charge in [-0.25, -0.2) is 9.78 Å². The van der Waals surface area contributed by atoms with Crippen LogP contribution < -0.4 is 15.1 Å². The Hall–Kier alpha value is -2.34. The Labute approximate surface area is 150 Å². The van der Waals surface area contributed by atoms with Crippen molar-refractivity contribution in [2.45, 2.75) is 32.6 Å². The number of fused-ring (bicyclic) bond motifs is 1. The summed E-state index contributed by atoms with van der Waals surface area (Å²) in [6.07, 6.45) is 3.90. The molecule has 3 aromatic rings. The fourth-order valence-electron chi connectivity index (χ4n) is 2.77. The van der Waals surface area contributed by atoms with E-state index in [1.807, 2.05) is 23.6 Å². The Kier molecular flexibility index (Phi) is 5.38. The highest BCUT2D eigenvalue weighted by Gasteiger charge is 2.16. The van der Waals surface area contributed by atoms with Gasteiger partial charge in [-0.3, -0.25) is 0 Å². The summed E-state index contributed by atoms with van der Waals surface area (Å²) in [6, 6.07) is 5.58. The first-order valence-corrected chi connectivity index (χ1v) is 9.19. The number of ether oxygens (including phenoxy) is 2. The van der Waals surface area contributed by atoms with E-state index in [1.54, 1.807) is 14.2 Å². The maximum absolute atomic E-state index is 12.5. The molecule has 0 N–H and O–H groups in total. The minimum atomic E-state index is -0.331. The van der Waals surface area contributed by atoms with E-state index in [0.29, 0.717) is 34.0 Å². The number of aryl methyl sites for hydroxylation is 1. The molecule has 0 unspecified atom stereocenters. The van der Waals surface area contributed by atoms with Gasteiger partial charge in [0.2, 0.25) is 0 Å². The maximum atomic E-state index is 12.5. The molecule has 0 atom stereocenters. The van der Waals surface area contributed by atoms with E-state index >= 15 is 0 Å². The highest BCUT2D eigenvalue weighted by atomic mass is 32.1. The number of hydrogen-bond donors (Lipinski definition) is 0. The molecular weight excluding hydrogens is 338 g/mol. The summed E-state index contributed by atoms with van der Waals surface area (Å²) in [6.45, 7) is 2.14. The van der Waals surface area contributed by atoms with Crippen LogP contribution in [0.3, 0.4) is 0 Å². The van der Waals surface area contributed by atoms with Crippen LogP contribution >= 0.6 is 11.3 Å². The third-order valence-corrected chi connectivity index (χ3v) is 4.97. The lowest BCUT2D eigenvalue weighted by molar-refractivity contribution is 0.355. The van der Waals surface area contributed by atoms with Crippen molar-refractivity contribution in [1.82, 2.24) is 4.98 Å². The topological polar surface area (TPSA) is 61.6 Å². The monoisotopic (exact) mass is 359 g/mol. The number of hydrogen-bond acceptors (Lipinski definition) is 6. The Morgan fingerprint density at radius 1 is 1.16 bits per heavy atom. The number of aromatic nitrogens is 1. The number of unbranched alkanes of at least 4 members (excludes halogenated alkanes) is 2. The van der Waals surface area contributed by atoms with Crippen LogP contribution in [0, 0.1) is 0 Å². The van der Waals surface area contributed by atoms with Crippen molar-refractivity contribution in [2.24, 2.45) is 0 Å². The molecule has 5 nitrogen and oxygen atoms in total. The van der Waals surface area contributed by atoms with E-state index in [-0.39, 0.29) is 5.63 Å². The minimum Gasteiger partial charge on any atom is -0.493 e. The molecule has 1 aromatic carbocycles. The zero-order valence-corrected chi connectivity index (χ0v) is 15.4. The zero-order chi connectivity index (χ0) is 17.8. The van der Waals surface area contributed by atoms with Crippen LogP contribution in [-0.4, -0.2) is 19.2 Å². The van der Waals surface area contributed by atoms with Gasteiger partial charge in [-0.1, -0.05) is 25.8 Å². The largest absolute Gasteiger partial charge is 0.493 e. The molecule has 0 fully saturated rings. The van der Waals surface area contributed by atoms with Gasteiger partial charge < -0.3 is 13.9 Å². The quantitative estimate of drug-likeness (QED) is 0.574. The van der Waals surface area contributed by atoms with E-state index in [1.165, 1.54) is 11.3 Å². The lowest BCUT2D eigenvalue weighted by atomic mass is 10.1. The van der Waals surface area contributed by atoms with E-state index < -0.39 is 0 Å². The highest BCUT2D eigenvalue weighted by molar-refractivity contribution is 7.17. The van der Waals surface area contributed by atoms with E-state index in [0.717, 1.165) is 30.4 Å². The van der Waals surface area contributed by atoms with Gasteiger partial charge in [0, 0.05) is 17.4 Å². The number of methoxy groups -OCH3 is 2. The minimum absolute atomic E-state index is 0.331. The second-order valence-corrected chi connectivity index (χ2v) is 6.61. The summed E-state index contributed by atoms with van der Waals surface area (Å²) in [5.41, 5.74) is 1.35. The van der Waals surface area contributed by atoms with Gasteiger partial charge in [0.25, 0.3) is 0 Å². The van der Waals surface area contributed by atoms with Crippen molar-refractivity contribution in [1.29, 1.82) is 0 Å².